The van der Waals surface area contributed by atoms with E-state index >= 15 is 0 Å². The molecule has 25 heavy (non-hydrogen) atoms. The van der Waals surface area contributed by atoms with Gasteiger partial charge in [-0.3, -0.25) is 4.79 Å². The number of benzene rings is 1. The van der Waals surface area contributed by atoms with Crippen molar-refractivity contribution in [2.75, 3.05) is 6.54 Å². The van der Waals surface area contributed by atoms with Crippen LogP contribution < -0.4 is 5.32 Å². The van der Waals surface area contributed by atoms with Crippen LogP contribution in [-0.4, -0.2) is 26.4 Å². The number of rotatable bonds is 5. The Labute approximate surface area is 145 Å². The highest BCUT2D eigenvalue weighted by Gasteiger charge is 2.07. The first-order chi connectivity index (χ1) is 12.3. The maximum atomic E-state index is 12.3. The Morgan fingerprint density at radius 2 is 1.72 bits per heavy atom. The van der Waals surface area contributed by atoms with E-state index in [1.807, 2.05) is 88.4 Å². The lowest BCUT2D eigenvalue weighted by Gasteiger charge is -2.07. The van der Waals surface area contributed by atoms with Crippen molar-refractivity contribution in [1.29, 1.82) is 0 Å². The zero-order valence-corrected chi connectivity index (χ0v) is 13.7. The van der Waals surface area contributed by atoms with E-state index < -0.39 is 0 Å². The molecule has 1 aromatic carbocycles. The molecule has 0 saturated carbocycles. The van der Waals surface area contributed by atoms with Gasteiger partial charge in [0.15, 0.2) is 0 Å². The molecule has 0 bridgehead atoms. The first-order valence-electron chi connectivity index (χ1n) is 8.24. The van der Waals surface area contributed by atoms with Gasteiger partial charge in [0.25, 0.3) is 5.91 Å². The summed E-state index contributed by atoms with van der Waals surface area (Å²) in [6, 6.07) is 17.5. The summed E-state index contributed by atoms with van der Waals surface area (Å²) in [5, 5.41) is 2.96. The van der Waals surface area contributed by atoms with Crippen molar-refractivity contribution in [2.24, 2.45) is 0 Å². The Balaban J connectivity index is 1.37. The van der Waals surface area contributed by atoms with E-state index in [4.69, 9.17) is 0 Å². The van der Waals surface area contributed by atoms with Crippen LogP contribution in [0.1, 0.15) is 16.2 Å². The van der Waals surface area contributed by atoms with E-state index in [0.717, 1.165) is 17.0 Å². The van der Waals surface area contributed by atoms with Crippen molar-refractivity contribution in [3.05, 3.63) is 90.8 Å². The van der Waals surface area contributed by atoms with Gasteiger partial charge in [0.2, 0.25) is 0 Å². The predicted octanol–water partition coefficient (Wildman–Crippen LogP) is 3.10. The number of fused-ring (bicyclic) bond motifs is 1. The van der Waals surface area contributed by atoms with Crippen LogP contribution in [0.2, 0.25) is 0 Å². The Morgan fingerprint density at radius 3 is 2.52 bits per heavy atom. The zero-order chi connectivity index (χ0) is 17.1. The van der Waals surface area contributed by atoms with Gasteiger partial charge in [-0.25, -0.2) is 4.98 Å². The summed E-state index contributed by atoms with van der Waals surface area (Å²) in [6.07, 6.45) is 8.47. The Morgan fingerprint density at radius 1 is 0.960 bits per heavy atom. The summed E-state index contributed by atoms with van der Waals surface area (Å²) in [7, 11) is 0. The third kappa shape index (κ3) is 3.17. The third-order valence-corrected chi connectivity index (χ3v) is 4.18. The third-order valence-electron chi connectivity index (χ3n) is 4.18. The number of carbonyl (C=O) groups is 1. The first-order valence-corrected chi connectivity index (χ1v) is 8.24. The van der Waals surface area contributed by atoms with Gasteiger partial charge in [-0.1, -0.05) is 6.07 Å². The summed E-state index contributed by atoms with van der Waals surface area (Å²) in [6.45, 7) is 0.548. The van der Waals surface area contributed by atoms with Crippen molar-refractivity contribution in [2.45, 2.75) is 6.42 Å². The molecular formula is C20H18N4O. The minimum absolute atomic E-state index is 0.0695. The lowest BCUT2D eigenvalue weighted by atomic mass is 10.2. The molecule has 124 valence electrons. The van der Waals surface area contributed by atoms with Gasteiger partial charge >= 0.3 is 0 Å². The quantitative estimate of drug-likeness (QED) is 0.611. The van der Waals surface area contributed by atoms with E-state index in [0.29, 0.717) is 18.5 Å². The van der Waals surface area contributed by atoms with E-state index in [9.17, 15) is 4.79 Å². The Kier molecular flexibility index (Phi) is 4.04. The Bertz CT molecular complexity index is 984. The van der Waals surface area contributed by atoms with Crippen LogP contribution in [0, 0.1) is 0 Å². The molecule has 0 spiro atoms. The lowest BCUT2D eigenvalue weighted by molar-refractivity contribution is 0.0954. The summed E-state index contributed by atoms with van der Waals surface area (Å²) >= 11 is 0. The smallest absolute Gasteiger partial charge is 0.251 e. The molecule has 0 aliphatic heterocycles. The number of hydrogen-bond acceptors (Lipinski definition) is 2. The molecule has 3 aromatic heterocycles. The maximum absolute atomic E-state index is 12.3. The minimum Gasteiger partial charge on any atom is -0.352 e. The highest BCUT2D eigenvalue weighted by molar-refractivity contribution is 5.94. The van der Waals surface area contributed by atoms with Crippen LogP contribution >= 0.6 is 0 Å². The van der Waals surface area contributed by atoms with Crippen LogP contribution in [0.3, 0.4) is 0 Å². The number of hydrogen-bond donors (Lipinski definition) is 1. The average molecular weight is 330 g/mol. The van der Waals surface area contributed by atoms with Crippen LogP contribution in [0.4, 0.5) is 0 Å². The molecule has 0 aliphatic carbocycles. The standard InChI is InChI=1S/C20H18N4O/c25-20(16-6-8-17(9-7-16)23-12-3-4-13-23)21-11-10-19-22-15-18-5-1-2-14-24(18)19/h1-9,12-15H,10-11H2,(H,21,25). The molecule has 5 nitrogen and oxygen atoms in total. The number of imidazole rings is 1. The number of aromatic nitrogens is 3. The number of amides is 1. The molecule has 0 aliphatic rings. The summed E-state index contributed by atoms with van der Waals surface area (Å²) < 4.78 is 4.04. The average Bonchev–Trinajstić information content (AvgIpc) is 3.32. The molecule has 0 radical (unpaired) electrons. The number of carbonyl (C=O) groups excluding carboxylic acids is 1. The van der Waals surface area contributed by atoms with Crippen LogP contribution in [0.25, 0.3) is 11.2 Å². The SMILES string of the molecule is O=C(NCCc1ncc2ccccn12)c1ccc(-n2cccc2)cc1. The van der Waals surface area contributed by atoms with Gasteiger partial charge in [-0.2, -0.15) is 0 Å². The predicted molar refractivity (Wildman–Crippen MR) is 97.0 cm³/mol. The highest BCUT2D eigenvalue weighted by Crippen LogP contribution is 2.10. The number of pyridine rings is 1. The van der Waals surface area contributed by atoms with E-state index in [1.165, 1.54) is 0 Å². The molecule has 0 fully saturated rings. The van der Waals surface area contributed by atoms with Gasteiger partial charge in [0, 0.05) is 42.8 Å². The van der Waals surface area contributed by atoms with E-state index in [2.05, 4.69) is 10.3 Å². The van der Waals surface area contributed by atoms with Crippen LogP contribution in [-0.2, 0) is 6.42 Å². The second-order valence-electron chi connectivity index (χ2n) is 5.81. The van der Waals surface area contributed by atoms with Crippen molar-refractivity contribution in [1.82, 2.24) is 19.3 Å². The normalized spacial score (nSPS) is 10.9. The molecule has 0 unspecified atom stereocenters. The highest BCUT2D eigenvalue weighted by atomic mass is 16.1. The van der Waals surface area contributed by atoms with Crippen molar-refractivity contribution in [3.8, 4) is 5.69 Å². The van der Waals surface area contributed by atoms with Crippen molar-refractivity contribution < 1.29 is 4.79 Å². The minimum atomic E-state index is -0.0695. The van der Waals surface area contributed by atoms with Gasteiger partial charge in [0.05, 0.1) is 11.7 Å². The second kappa shape index (κ2) is 6.65. The van der Waals surface area contributed by atoms with Crippen molar-refractivity contribution in [3.63, 3.8) is 0 Å². The van der Waals surface area contributed by atoms with Crippen molar-refractivity contribution >= 4 is 11.4 Å². The van der Waals surface area contributed by atoms with Crippen LogP contribution in [0.5, 0.6) is 0 Å². The van der Waals surface area contributed by atoms with Crippen LogP contribution in [0.15, 0.2) is 79.4 Å². The molecule has 4 aromatic rings. The first kappa shape index (κ1) is 15.2. The molecule has 1 amide bonds. The summed E-state index contributed by atoms with van der Waals surface area (Å²) in [5.41, 5.74) is 2.75. The van der Waals surface area contributed by atoms with E-state index in [-0.39, 0.29) is 5.91 Å². The summed E-state index contributed by atoms with van der Waals surface area (Å²) in [5.74, 6) is 0.874. The number of nitrogens with one attached hydrogen (secondary N) is 1. The maximum Gasteiger partial charge on any atom is 0.251 e. The lowest BCUT2D eigenvalue weighted by Crippen LogP contribution is -2.26. The molecule has 0 saturated heterocycles. The molecule has 1 N–H and O–H groups in total. The van der Waals surface area contributed by atoms with Gasteiger partial charge in [0.1, 0.15) is 5.82 Å². The zero-order valence-electron chi connectivity index (χ0n) is 13.7. The summed E-state index contributed by atoms with van der Waals surface area (Å²) in [4.78, 5) is 16.7. The number of nitrogens with zero attached hydrogens (tertiary/aromatic N) is 3. The molecule has 0 atom stereocenters. The van der Waals surface area contributed by atoms with Gasteiger partial charge < -0.3 is 14.3 Å². The monoisotopic (exact) mass is 330 g/mol. The van der Waals surface area contributed by atoms with E-state index in [1.54, 1.807) is 0 Å². The fraction of sp³-hybridized carbons (Fsp3) is 0.100. The Hall–Kier alpha value is -3.34. The molecule has 5 heteroatoms. The fourth-order valence-electron chi connectivity index (χ4n) is 2.87. The second-order valence-corrected chi connectivity index (χ2v) is 5.81. The fourth-order valence-corrected chi connectivity index (χ4v) is 2.87. The molecule has 4 rings (SSSR count). The van der Waals surface area contributed by atoms with Gasteiger partial charge in [-0.15, -0.1) is 0 Å². The topological polar surface area (TPSA) is 51.3 Å². The van der Waals surface area contributed by atoms with Gasteiger partial charge in [-0.05, 0) is 48.5 Å². The molecule has 3 heterocycles. The molecular weight excluding hydrogens is 312 g/mol. The largest absolute Gasteiger partial charge is 0.352 e.